The van der Waals surface area contributed by atoms with Crippen molar-refractivity contribution in [2.24, 2.45) is 5.41 Å². The first-order valence-corrected chi connectivity index (χ1v) is 11.9. The highest BCUT2D eigenvalue weighted by atomic mass is 32.2. The highest BCUT2D eigenvalue weighted by molar-refractivity contribution is 7.89. The van der Waals surface area contributed by atoms with Crippen LogP contribution in [0.4, 0.5) is 0 Å². The second-order valence-electron chi connectivity index (χ2n) is 8.37. The summed E-state index contributed by atoms with van der Waals surface area (Å²) in [5.41, 5.74) is 2.12. The first-order chi connectivity index (χ1) is 14.4. The van der Waals surface area contributed by atoms with E-state index in [1.807, 2.05) is 17.0 Å². The van der Waals surface area contributed by atoms with E-state index in [9.17, 15) is 13.2 Å². The number of nitrogens with one attached hydrogen (secondary N) is 1. The van der Waals surface area contributed by atoms with E-state index < -0.39 is 10.0 Å². The molecule has 1 fully saturated rings. The average molecular weight is 429 g/mol. The number of amides is 1. The monoisotopic (exact) mass is 428 g/mol. The van der Waals surface area contributed by atoms with Crippen LogP contribution in [0.5, 0.6) is 5.75 Å². The van der Waals surface area contributed by atoms with E-state index in [-0.39, 0.29) is 16.2 Å². The zero-order valence-electron chi connectivity index (χ0n) is 17.3. The highest BCUT2D eigenvalue weighted by Crippen LogP contribution is 2.36. The Labute approximate surface area is 178 Å². The summed E-state index contributed by atoms with van der Waals surface area (Å²) in [7, 11) is -3.61. The molecule has 0 aromatic heterocycles. The summed E-state index contributed by atoms with van der Waals surface area (Å²) in [5, 5.41) is 0. The van der Waals surface area contributed by atoms with Gasteiger partial charge >= 0.3 is 0 Å². The lowest BCUT2D eigenvalue weighted by molar-refractivity contribution is -0.133. The number of ether oxygens (including phenoxy) is 1. The van der Waals surface area contributed by atoms with Crippen molar-refractivity contribution in [3.63, 3.8) is 0 Å². The molecular formula is C23H28N2O4S. The minimum Gasteiger partial charge on any atom is -0.492 e. The fraction of sp³-hybridized carbons (Fsp3) is 0.435. The maximum atomic E-state index is 12.7. The quantitative estimate of drug-likeness (QED) is 0.816. The highest BCUT2D eigenvalue weighted by Gasteiger charge is 2.39. The van der Waals surface area contributed by atoms with E-state index in [1.54, 1.807) is 24.3 Å². The summed E-state index contributed by atoms with van der Waals surface area (Å²) in [6, 6.07) is 14.9. The van der Waals surface area contributed by atoms with Gasteiger partial charge in [-0.3, -0.25) is 4.79 Å². The van der Waals surface area contributed by atoms with Crippen LogP contribution in [0, 0.1) is 12.3 Å². The predicted molar refractivity (Wildman–Crippen MR) is 115 cm³/mol. The Morgan fingerprint density at radius 3 is 2.57 bits per heavy atom. The molecule has 30 heavy (non-hydrogen) atoms. The number of hydrogen-bond acceptors (Lipinski definition) is 4. The maximum absolute atomic E-state index is 12.7. The Morgan fingerprint density at radius 1 is 1.10 bits per heavy atom. The van der Waals surface area contributed by atoms with E-state index in [4.69, 9.17) is 4.74 Å². The Morgan fingerprint density at radius 2 is 1.80 bits per heavy atom. The molecule has 0 atom stereocenters. The van der Waals surface area contributed by atoms with Gasteiger partial charge in [-0.25, -0.2) is 13.1 Å². The molecule has 2 heterocycles. The van der Waals surface area contributed by atoms with Crippen molar-refractivity contribution < 1.29 is 17.9 Å². The zero-order chi connectivity index (χ0) is 21.2. The lowest BCUT2D eigenvalue weighted by Gasteiger charge is -2.42. The number of benzene rings is 2. The van der Waals surface area contributed by atoms with Gasteiger partial charge in [0.1, 0.15) is 10.6 Å². The summed E-state index contributed by atoms with van der Waals surface area (Å²) >= 11 is 0. The summed E-state index contributed by atoms with van der Waals surface area (Å²) < 4.78 is 34.0. The van der Waals surface area contributed by atoms with Crippen LogP contribution in [0.25, 0.3) is 0 Å². The van der Waals surface area contributed by atoms with Gasteiger partial charge in [0.25, 0.3) is 0 Å². The van der Waals surface area contributed by atoms with Gasteiger partial charge < -0.3 is 9.64 Å². The second-order valence-corrected chi connectivity index (χ2v) is 10.1. The number of carbonyl (C=O) groups excluding carboxylic acids is 1. The first-order valence-electron chi connectivity index (χ1n) is 10.4. The molecule has 2 aliphatic heterocycles. The van der Waals surface area contributed by atoms with Gasteiger partial charge in [-0.05, 0) is 49.4 Å². The minimum absolute atomic E-state index is 0.158. The number of piperidine rings is 1. The van der Waals surface area contributed by atoms with Crippen LogP contribution in [0.15, 0.2) is 53.4 Å². The first kappa shape index (κ1) is 20.9. The molecule has 0 bridgehead atoms. The zero-order valence-corrected chi connectivity index (χ0v) is 18.1. The lowest BCUT2D eigenvalue weighted by atomic mass is 9.79. The van der Waals surface area contributed by atoms with Crippen LogP contribution in [0.3, 0.4) is 0 Å². The number of sulfonamides is 1. The molecule has 7 heteroatoms. The smallest absolute Gasteiger partial charge is 0.244 e. The van der Waals surface area contributed by atoms with Crippen molar-refractivity contribution in [2.75, 3.05) is 26.2 Å². The van der Waals surface area contributed by atoms with E-state index in [1.165, 1.54) is 11.1 Å². The van der Waals surface area contributed by atoms with Crippen molar-refractivity contribution in [1.82, 2.24) is 9.62 Å². The SMILES string of the molecule is Cc1ccccc1CCC(=O)N1CCC2(CC1)CNS(=O)(=O)c1ccccc1OC2. The Hall–Kier alpha value is -2.38. The number of hydrogen-bond donors (Lipinski definition) is 1. The van der Waals surface area contributed by atoms with Gasteiger partial charge in [0, 0.05) is 31.5 Å². The van der Waals surface area contributed by atoms with Crippen LogP contribution in [0.2, 0.25) is 0 Å². The molecule has 1 saturated heterocycles. The van der Waals surface area contributed by atoms with Crippen LogP contribution < -0.4 is 9.46 Å². The average Bonchev–Trinajstić information content (AvgIpc) is 2.76. The van der Waals surface area contributed by atoms with Gasteiger partial charge in [0.2, 0.25) is 15.9 Å². The van der Waals surface area contributed by atoms with Gasteiger partial charge in [-0.2, -0.15) is 0 Å². The number of fused-ring (bicyclic) bond motifs is 1. The fourth-order valence-corrected chi connectivity index (χ4v) is 5.54. The second kappa shape index (κ2) is 8.40. The normalized spacial score (nSPS) is 20.0. The van der Waals surface area contributed by atoms with Crippen molar-refractivity contribution in [2.45, 2.75) is 37.5 Å². The molecule has 2 aliphatic rings. The minimum atomic E-state index is -3.61. The molecule has 1 N–H and O–H groups in total. The van der Waals surface area contributed by atoms with E-state index in [0.29, 0.717) is 51.3 Å². The molecule has 0 unspecified atom stereocenters. The number of carbonyl (C=O) groups is 1. The summed E-state index contributed by atoms with van der Waals surface area (Å²) in [4.78, 5) is 14.8. The van der Waals surface area contributed by atoms with Gasteiger partial charge in [-0.1, -0.05) is 36.4 Å². The molecular weight excluding hydrogens is 400 g/mol. The predicted octanol–water partition coefficient (Wildman–Crippen LogP) is 2.91. The topological polar surface area (TPSA) is 75.7 Å². The Bertz CT molecular complexity index is 1030. The third-order valence-electron chi connectivity index (χ3n) is 6.36. The summed E-state index contributed by atoms with van der Waals surface area (Å²) in [6.07, 6.45) is 2.67. The van der Waals surface area contributed by atoms with Crippen LogP contribution >= 0.6 is 0 Å². The van der Waals surface area contributed by atoms with E-state index in [0.717, 1.165) is 6.42 Å². The number of rotatable bonds is 3. The number of likely N-dealkylation sites (tertiary alicyclic amines) is 1. The van der Waals surface area contributed by atoms with Crippen LogP contribution in [-0.4, -0.2) is 45.5 Å². The van der Waals surface area contributed by atoms with E-state index in [2.05, 4.69) is 23.8 Å². The van der Waals surface area contributed by atoms with Gasteiger partial charge in [0.05, 0.1) is 6.61 Å². The molecule has 2 aromatic carbocycles. The molecule has 1 amide bonds. The molecule has 6 nitrogen and oxygen atoms in total. The largest absolute Gasteiger partial charge is 0.492 e. The fourth-order valence-electron chi connectivity index (χ4n) is 4.24. The van der Waals surface area contributed by atoms with Crippen molar-refractivity contribution in [3.05, 3.63) is 59.7 Å². The van der Waals surface area contributed by atoms with E-state index >= 15 is 0 Å². The Balaban J connectivity index is 1.38. The molecule has 1 spiro atoms. The molecule has 2 aromatic rings. The molecule has 160 valence electrons. The number of nitrogens with zero attached hydrogens (tertiary/aromatic N) is 1. The van der Waals surface area contributed by atoms with Gasteiger partial charge in [0.15, 0.2) is 0 Å². The van der Waals surface area contributed by atoms with Crippen molar-refractivity contribution in [1.29, 1.82) is 0 Å². The molecule has 0 saturated carbocycles. The number of aryl methyl sites for hydroxylation is 2. The van der Waals surface area contributed by atoms with Gasteiger partial charge in [-0.15, -0.1) is 0 Å². The molecule has 0 aliphatic carbocycles. The lowest BCUT2D eigenvalue weighted by Crippen LogP contribution is -2.51. The van der Waals surface area contributed by atoms with Crippen molar-refractivity contribution >= 4 is 15.9 Å². The molecule has 4 rings (SSSR count). The third-order valence-corrected chi connectivity index (χ3v) is 7.80. The third kappa shape index (κ3) is 4.37. The maximum Gasteiger partial charge on any atom is 0.244 e. The number of para-hydroxylation sites is 1. The summed E-state index contributed by atoms with van der Waals surface area (Å²) in [5.74, 6) is 0.548. The summed E-state index contributed by atoms with van der Waals surface area (Å²) in [6.45, 7) is 4.09. The van der Waals surface area contributed by atoms with Crippen LogP contribution in [0.1, 0.15) is 30.4 Å². The standard InChI is InChI=1S/C23H28N2O4S/c1-18-6-2-3-7-19(18)10-11-22(26)25-14-12-23(13-15-25)16-24-30(27,28)21-9-5-4-8-20(21)29-17-23/h2-9,24H,10-17H2,1H3. The Kier molecular flexibility index (Phi) is 5.84. The van der Waals surface area contributed by atoms with Crippen LogP contribution in [-0.2, 0) is 21.2 Å². The van der Waals surface area contributed by atoms with Crippen molar-refractivity contribution in [3.8, 4) is 5.75 Å². The molecule has 0 radical (unpaired) electrons.